The standard InChI is InChI=1S/C16H17N5OS/c1-3-12(7-17-5-1)16-15-11-22-13(10-21(15)20-19-16)8-18-9-14-4-2-6-23-14/h1-7,13,18H,8-11H2. The topological polar surface area (TPSA) is 64.9 Å². The molecule has 0 amide bonds. The molecular formula is C16H17N5OS. The summed E-state index contributed by atoms with van der Waals surface area (Å²) in [6, 6.07) is 8.10. The normalized spacial score (nSPS) is 17.1. The van der Waals surface area contributed by atoms with Crippen molar-refractivity contribution in [1.29, 1.82) is 0 Å². The van der Waals surface area contributed by atoms with E-state index < -0.39 is 0 Å². The van der Waals surface area contributed by atoms with E-state index in [1.165, 1.54) is 4.88 Å². The van der Waals surface area contributed by atoms with E-state index in [0.29, 0.717) is 6.61 Å². The van der Waals surface area contributed by atoms with Crippen molar-refractivity contribution in [2.24, 2.45) is 0 Å². The predicted molar refractivity (Wildman–Crippen MR) is 87.9 cm³/mol. The van der Waals surface area contributed by atoms with Crippen LogP contribution in [0.15, 0.2) is 42.0 Å². The van der Waals surface area contributed by atoms with Crippen LogP contribution in [-0.2, 0) is 24.4 Å². The first-order valence-corrected chi connectivity index (χ1v) is 8.45. The molecule has 0 aromatic carbocycles. The number of thiophene rings is 1. The van der Waals surface area contributed by atoms with Gasteiger partial charge in [-0.05, 0) is 23.6 Å². The predicted octanol–water partition coefficient (Wildman–Crippen LogP) is 2.09. The van der Waals surface area contributed by atoms with Crippen LogP contribution in [0.1, 0.15) is 10.6 Å². The SMILES string of the molecule is c1cncc(-c2nnn3c2COC(CNCc2cccs2)C3)c1. The Bertz CT molecular complexity index is 756. The molecule has 0 bridgehead atoms. The highest BCUT2D eigenvalue weighted by atomic mass is 32.1. The van der Waals surface area contributed by atoms with Gasteiger partial charge in [0.05, 0.1) is 24.9 Å². The van der Waals surface area contributed by atoms with Crippen LogP contribution in [0, 0.1) is 0 Å². The van der Waals surface area contributed by atoms with Crippen LogP contribution in [0.5, 0.6) is 0 Å². The van der Waals surface area contributed by atoms with Crippen molar-refractivity contribution in [3.05, 3.63) is 52.6 Å². The summed E-state index contributed by atoms with van der Waals surface area (Å²) in [4.78, 5) is 5.48. The van der Waals surface area contributed by atoms with E-state index in [1.54, 1.807) is 23.7 Å². The number of fused-ring (bicyclic) bond motifs is 1. The third-order valence-electron chi connectivity index (χ3n) is 3.86. The lowest BCUT2D eigenvalue weighted by Crippen LogP contribution is -2.36. The lowest BCUT2D eigenvalue weighted by molar-refractivity contribution is 0.00128. The molecule has 3 aromatic heterocycles. The average molecular weight is 327 g/mol. The Kier molecular flexibility index (Phi) is 4.14. The summed E-state index contributed by atoms with van der Waals surface area (Å²) in [5, 5.41) is 14.1. The second kappa shape index (κ2) is 6.57. The molecule has 0 radical (unpaired) electrons. The molecule has 1 aliphatic heterocycles. The zero-order valence-electron chi connectivity index (χ0n) is 12.6. The smallest absolute Gasteiger partial charge is 0.120 e. The van der Waals surface area contributed by atoms with Crippen LogP contribution in [0.3, 0.4) is 0 Å². The van der Waals surface area contributed by atoms with Gasteiger partial charge in [-0.15, -0.1) is 16.4 Å². The van der Waals surface area contributed by atoms with E-state index in [-0.39, 0.29) is 6.10 Å². The van der Waals surface area contributed by atoms with Gasteiger partial charge in [0, 0.05) is 35.9 Å². The zero-order valence-corrected chi connectivity index (χ0v) is 13.4. The molecule has 1 atom stereocenters. The summed E-state index contributed by atoms with van der Waals surface area (Å²) in [6.45, 7) is 2.94. The summed E-state index contributed by atoms with van der Waals surface area (Å²) in [6.07, 6.45) is 3.68. The van der Waals surface area contributed by atoms with E-state index >= 15 is 0 Å². The molecule has 0 fully saturated rings. The molecule has 1 aliphatic rings. The van der Waals surface area contributed by atoms with Crippen LogP contribution < -0.4 is 5.32 Å². The fraction of sp³-hybridized carbons (Fsp3) is 0.312. The van der Waals surface area contributed by atoms with Crippen LogP contribution in [0.4, 0.5) is 0 Å². The minimum absolute atomic E-state index is 0.117. The fourth-order valence-corrected chi connectivity index (χ4v) is 3.36. The van der Waals surface area contributed by atoms with E-state index in [4.69, 9.17) is 4.74 Å². The van der Waals surface area contributed by atoms with E-state index in [2.05, 4.69) is 38.1 Å². The maximum atomic E-state index is 5.96. The van der Waals surface area contributed by atoms with Gasteiger partial charge in [-0.2, -0.15) is 0 Å². The van der Waals surface area contributed by atoms with Gasteiger partial charge in [0.15, 0.2) is 0 Å². The Balaban J connectivity index is 1.39. The highest BCUT2D eigenvalue weighted by Gasteiger charge is 2.24. The molecule has 0 saturated carbocycles. The largest absolute Gasteiger partial charge is 0.369 e. The van der Waals surface area contributed by atoms with Crippen molar-refractivity contribution in [3.8, 4) is 11.3 Å². The Morgan fingerprint density at radius 1 is 1.35 bits per heavy atom. The number of hydrogen-bond donors (Lipinski definition) is 1. The quantitative estimate of drug-likeness (QED) is 0.777. The van der Waals surface area contributed by atoms with Gasteiger partial charge in [0.25, 0.3) is 0 Å². The number of hydrogen-bond acceptors (Lipinski definition) is 6. The van der Waals surface area contributed by atoms with E-state index in [9.17, 15) is 0 Å². The van der Waals surface area contributed by atoms with Crippen LogP contribution in [-0.4, -0.2) is 32.6 Å². The third kappa shape index (κ3) is 3.17. The van der Waals surface area contributed by atoms with Crippen molar-refractivity contribution in [2.75, 3.05) is 6.54 Å². The molecule has 0 aliphatic carbocycles. The molecule has 23 heavy (non-hydrogen) atoms. The molecule has 118 valence electrons. The van der Waals surface area contributed by atoms with Crippen molar-refractivity contribution in [1.82, 2.24) is 25.3 Å². The maximum absolute atomic E-state index is 5.96. The number of aromatic nitrogens is 4. The molecular weight excluding hydrogens is 310 g/mol. The minimum Gasteiger partial charge on any atom is -0.369 e. The highest BCUT2D eigenvalue weighted by Crippen LogP contribution is 2.24. The number of nitrogens with zero attached hydrogens (tertiary/aromatic N) is 4. The van der Waals surface area contributed by atoms with Gasteiger partial charge in [0.1, 0.15) is 5.69 Å². The first-order valence-electron chi connectivity index (χ1n) is 7.57. The molecule has 4 rings (SSSR count). The van der Waals surface area contributed by atoms with Gasteiger partial charge < -0.3 is 10.1 Å². The second-order valence-corrected chi connectivity index (χ2v) is 6.48. The van der Waals surface area contributed by atoms with E-state index in [0.717, 1.165) is 36.6 Å². The maximum Gasteiger partial charge on any atom is 0.120 e. The average Bonchev–Trinajstić information content (AvgIpc) is 3.25. The van der Waals surface area contributed by atoms with Crippen molar-refractivity contribution in [3.63, 3.8) is 0 Å². The summed E-state index contributed by atoms with van der Waals surface area (Å²) in [5.41, 5.74) is 2.86. The molecule has 0 saturated heterocycles. The lowest BCUT2D eigenvalue weighted by atomic mass is 10.1. The first kappa shape index (κ1) is 14.5. The Morgan fingerprint density at radius 3 is 3.17 bits per heavy atom. The molecule has 6 nitrogen and oxygen atoms in total. The van der Waals surface area contributed by atoms with Crippen LogP contribution >= 0.6 is 11.3 Å². The lowest BCUT2D eigenvalue weighted by Gasteiger charge is -2.24. The van der Waals surface area contributed by atoms with Gasteiger partial charge in [-0.25, -0.2) is 4.68 Å². The molecule has 4 heterocycles. The highest BCUT2D eigenvalue weighted by molar-refractivity contribution is 7.09. The molecule has 0 spiro atoms. The van der Waals surface area contributed by atoms with Crippen molar-refractivity contribution in [2.45, 2.75) is 25.8 Å². The van der Waals surface area contributed by atoms with Gasteiger partial charge in [-0.1, -0.05) is 11.3 Å². The van der Waals surface area contributed by atoms with Crippen molar-refractivity contribution >= 4 is 11.3 Å². The van der Waals surface area contributed by atoms with E-state index in [1.807, 2.05) is 16.8 Å². The van der Waals surface area contributed by atoms with Gasteiger partial charge in [-0.3, -0.25) is 4.98 Å². The first-order chi connectivity index (χ1) is 11.4. The van der Waals surface area contributed by atoms with Gasteiger partial charge >= 0.3 is 0 Å². The summed E-state index contributed by atoms with van der Waals surface area (Å²) >= 11 is 1.76. The van der Waals surface area contributed by atoms with Crippen LogP contribution in [0.2, 0.25) is 0 Å². The number of pyridine rings is 1. The second-order valence-electron chi connectivity index (χ2n) is 5.45. The molecule has 1 N–H and O–H groups in total. The van der Waals surface area contributed by atoms with Gasteiger partial charge in [0.2, 0.25) is 0 Å². The summed E-state index contributed by atoms with van der Waals surface area (Å²) < 4.78 is 7.91. The summed E-state index contributed by atoms with van der Waals surface area (Å²) in [5.74, 6) is 0. The number of rotatable bonds is 5. The monoisotopic (exact) mass is 327 g/mol. The Morgan fingerprint density at radius 2 is 2.35 bits per heavy atom. The fourth-order valence-electron chi connectivity index (χ4n) is 2.68. The Hall–Kier alpha value is -2.09. The van der Waals surface area contributed by atoms with Crippen molar-refractivity contribution < 1.29 is 4.74 Å². The number of nitrogens with one attached hydrogen (secondary N) is 1. The molecule has 7 heteroatoms. The minimum atomic E-state index is 0.117. The summed E-state index contributed by atoms with van der Waals surface area (Å²) in [7, 11) is 0. The Labute approximate surface area is 138 Å². The molecule has 3 aromatic rings. The third-order valence-corrected chi connectivity index (χ3v) is 4.73. The molecule has 1 unspecified atom stereocenters. The van der Waals surface area contributed by atoms with Crippen LogP contribution in [0.25, 0.3) is 11.3 Å². The zero-order chi connectivity index (χ0) is 15.5. The number of ether oxygens (including phenoxy) is 1.